The van der Waals surface area contributed by atoms with E-state index in [-0.39, 0.29) is 6.09 Å². The summed E-state index contributed by atoms with van der Waals surface area (Å²) in [4.78, 5) is 17.7. The van der Waals surface area contributed by atoms with E-state index in [0.717, 1.165) is 50.2 Å². The van der Waals surface area contributed by atoms with Crippen molar-refractivity contribution in [3.05, 3.63) is 71.9 Å². The van der Waals surface area contributed by atoms with E-state index >= 15 is 0 Å². The second-order valence-corrected chi connectivity index (χ2v) is 11.2. The number of amides is 1. The Morgan fingerprint density at radius 2 is 1.82 bits per heavy atom. The summed E-state index contributed by atoms with van der Waals surface area (Å²) in [6.07, 6.45) is 11.1. The number of unbranched alkanes of at least 4 members (excludes halogenated alkanes) is 4. The summed E-state index contributed by atoms with van der Waals surface area (Å²) in [6.45, 7) is 10.2. The van der Waals surface area contributed by atoms with Gasteiger partial charge in [-0.3, -0.25) is 4.90 Å². The topological polar surface area (TPSA) is 66.6 Å². The molecule has 0 radical (unpaired) electrons. The van der Waals surface area contributed by atoms with Gasteiger partial charge in [0.2, 0.25) is 0 Å². The third-order valence-corrected chi connectivity index (χ3v) is 6.86. The Labute approximate surface area is 227 Å². The predicted octanol–water partition coefficient (Wildman–Crippen LogP) is 7.31. The largest absolute Gasteiger partial charge is 0.489 e. The number of aromatic amines is 1. The predicted molar refractivity (Wildman–Crippen MR) is 155 cm³/mol. The van der Waals surface area contributed by atoms with Gasteiger partial charge in [-0.1, -0.05) is 55.7 Å². The zero-order valence-corrected chi connectivity index (χ0v) is 23.2. The molecule has 4 rings (SSSR count). The second-order valence-electron chi connectivity index (χ2n) is 11.2. The van der Waals surface area contributed by atoms with E-state index in [2.05, 4.69) is 51.7 Å². The van der Waals surface area contributed by atoms with Crippen molar-refractivity contribution in [2.75, 3.05) is 26.2 Å². The van der Waals surface area contributed by atoms with Gasteiger partial charge in [-0.2, -0.15) is 0 Å². The molecule has 0 bridgehead atoms. The first-order valence-electron chi connectivity index (χ1n) is 14.0. The summed E-state index contributed by atoms with van der Waals surface area (Å²) in [6, 6.07) is 16.6. The van der Waals surface area contributed by atoms with E-state index < -0.39 is 5.60 Å². The van der Waals surface area contributed by atoms with Gasteiger partial charge in [0.25, 0.3) is 0 Å². The minimum Gasteiger partial charge on any atom is -0.489 e. The molecule has 0 atom stereocenters. The maximum absolute atomic E-state index is 11.7. The summed E-state index contributed by atoms with van der Waals surface area (Å²) in [5.74, 6) is 0.904. The molecule has 1 amide bonds. The van der Waals surface area contributed by atoms with Crippen molar-refractivity contribution < 1.29 is 14.3 Å². The summed E-state index contributed by atoms with van der Waals surface area (Å²) in [5.41, 5.74) is 4.60. The lowest BCUT2D eigenvalue weighted by molar-refractivity contribution is 0.0527. The standard InChI is InChI=1S/C32H43N3O3/c1-32(2,3)38-31(36)33-18-10-5-4-6-11-19-35-20-16-26(17-21-35)29-23-34-30-15-14-27(22-28(29)30)37-24-25-12-8-7-9-13-25/h7-9,12-16,22-23,34H,4-6,10-11,17-21,24H2,1-3H3,(H,33,36). The fraction of sp³-hybridized carbons (Fsp3) is 0.469. The Hall–Kier alpha value is -3.25. The SMILES string of the molecule is CC(C)(C)OC(=O)NCCCCCCCN1CC=C(c2c[nH]c3ccc(OCc4ccccc4)cc23)CC1. The molecule has 204 valence electrons. The number of nitrogens with zero attached hydrogens (tertiary/aromatic N) is 1. The maximum atomic E-state index is 11.7. The normalized spacial score (nSPS) is 14.3. The second kappa shape index (κ2) is 13.5. The number of carbonyl (C=O) groups is 1. The van der Waals surface area contributed by atoms with E-state index in [9.17, 15) is 4.79 Å². The number of carbonyl (C=O) groups excluding carboxylic acids is 1. The van der Waals surface area contributed by atoms with Gasteiger partial charge in [0, 0.05) is 42.3 Å². The van der Waals surface area contributed by atoms with Crippen LogP contribution >= 0.6 is 0 Å². The molecule has 6 heteroatoms. The van der Waals surface area contributed by atoms with Crippen LogP contribution in [0.4, 0.5) is 4.79 Å². The molecule has 0 aliphatic carbocycles. The average molecular weight is 518 g/mol. The van der Waals surface area contributed by atoms with Gasteiger partial charge in [-0.25, -0.2) is 4.79 Å². The zero-order valence-electron chi connectivity index (χ0n) is 23.2. The number of benzene rings is 2. The van der Waals surface area contributed by atoms with Crippen LogP contribution in [0.3, 0.4) is 0 Å². The molecule has 0 fully saturated rings. The van der Waals surface area contributed by atoms with Crippen molar-refractivity contribution in [1.29, 1.82) is 0 Å². The van der Waals surface area contributed by atoms with Crippen LogP contribution in [0.2, 0.25) is 0 Å². The molecule has 2 N–H and O–H groups in total. The zero-order chi connectivity index (χ0) is 26.8. The number of H-pyrrole nitrogens is 1. The molecule has 0 saturated carbocycles. The molecule has 1 aliphatic rings. The first-order chi connectivity index (χ1) is 18.4. The fourth-order valence-corrected chi connectivity index (χ4v) is 4.85. The van der Waals surface area contributed by atoms with Crippen LogP contribution in [-0.2, 0) is 11.3 Å². The summed E-state index contributed by atoms with van der Waals surface area (Å²) in [7, 11) is 0. The van der Waals surface area contributed by atoms with Crippen LogP contribution in [0.25, 0.3) is 16.5 Å². The molecule has 2 aromatic carbocycles. The summed E-state index contributed by atoms with van der Waals surface area (Å²) >= 11 is 0. The van der Waals surface area contributed by atoms with E-state index in [4.69, 9.17) is 9.47 Å². The minimum absolute atomic E-state index is 0.320. The number of fused-ring (bicyclic) bond motifs is 1. The van der Waals surface area contributed by atoms with Crippen molar-refractivity contribution in [2.45, 2.75) is 71.5 Å². The fourth-order valence-electron chi connectivity index (χ4n) is 4.85. The highest BCUT2D eigenvalue weighted by molar-refractivity contribution is 5.93. The number of hydrogen-bond donors (Lipinski definition) is 2. The van der Waals surface area contributed by atoms with Gasteiger partial charge in [-0.15, -0.1) is 0 Å². The Morgan fingerprint density at radius 3 is 2.58 bits per heavy atom. The van der Waals surface area contributed by atoms with Gasteiger partial charge < -0.3 is 19.8 Å². The van der Waals surface area contributed by atoms with Crippen LogP contribution in [0.5, 0.6) is 5.75 Å². The van der Waals surface area contributed by atoms with Crippen molar-refractivity contribution in [1.82, 2.24) is 15.2 Å². The third-order valence-electron chi connectivity index (χ3n) is 6.86. The van der Waals surface area contributed by atoms with Crippen LogP contribution in [-0.4, -0.2) is 47.8 Å². The highest BCUT2D eigenvalue weighted by atomic mass is 16.6. The van der Waals surface area contributed by atoms with Crippen molar-refractivity contribution in [3.63, 3.8) is 0 Å². The molecular formula is C32H43N3O3. The smallest absolute Gasteiger partial charge is 0.407 e. The number of aromatic nitrogens is 1. The number of hydrogen-bond acceptors (Lipinski definition) is 4. The van der Waals surface area contributed by atoms with Gasteiger partial charge in [-0.05, 0) is 75.9 Å². The monoisotopic (exact) mass is 517 g/mol. The number of rotatable bonds is 12. The van der Waals surface area contributed by atoms with Gasteiger partial charge >= 0.3 is 6.09 Å². The van der Waals surface area contributed by atoms with Gasteiger partial charge in [0.15, 0.2) is 0 Å². The van der Waals surface area contributed by atoms with Crippen LogP contribution in [0, 0.1) is 0 Å². The van der Waals surface area contributed by atoms with E-state index in [1.807, 2.05) is 45.0 Å². The molecule has 1 aromatic heterocycles. The summed E-state index contributed by atoms with van der Waals surface area (Å²) < 4.78 is 11.3. The number of ether oxygens (including phenoxy) is 2. The first-order valence-corrected chi connectivity index (χ1v) is 14.0. The van der Waals surface area contributed by atoms with Crippen LogP contribution in [0.15, 0.2) is 60.8 Å². The van der Waals surface area contributed by atoms with Gasteiger partial charge in [0.05, 0.1) is 0 Å². The Morgan fingerprint density at radius 1 is 1.03 bits per heavy atom. The maximum Gasteiger partial charge on any atom is 0.407 e. The quantitative estimate of drug-likeness (QED) is 0.247. The molecular weight excluding hydrogens is 474 g/mol. The van der Waals surface area contributed by atoms with E-state index in [0.29, 0.717) is 13.2 Å². The molecule has 3 aromatic rings. The lowest BCUT2D eigenvalue weighted by atomic mass is 9.98. The molecule has 1 aliphatic heterocycles. The molecule has 0 spiro atoms. The molecule has 6 nitrogen and oxygen atoms in total. The summed E-state index contributed by atoms with van der Waals surface area (Å²) in [5, 5.41) is 4.07. The lowest BCUT2D eigenvalue weighted by Crippen LogP contribution is -2.33. The Bertz CT molecular complexity index is 1190. The van der Waals surface area contributed by atoms with Gasteiger partial charge in [0.1, 0.15) is 18.0 Å². The number of alkyl carbamates (subject to hydrolysis) is 1. The highest BCUT2D eigenvalue weighted by Crippen LogP contribution is 2.32. The lowest BCUT2D eigenvalue weighted by Gasteiger charge is -2.26. The Balaban J connectivity index is 1.16. The van der Waals surface area contributed by atoms with Crippen LogP contribution in [0.1, 0.15) is 70.4 Å². The molecule has 2 heterocycles. The van der Waals surface area contributed by atoms with Crippen LogP contribution < -0.4 is 10.1 Å². The average Bonchev–Trinajstić information content (AvgIpc) is 3.32. The Kier molecular flexibility index (Phi) is 9.88. The van der Waals surface area contributed by atoms with E-state index in [1.165, 1.54) is 41.3 Å². The molecule has 0 unspecified atom stereocenters. The molecule has 38 heavy (non-hydrogen) atoms. The minimum atomic E-state index is -0.439. The third kappa shape index (κ3) is 8.66. The first kappa shape index (κ1) is 27.8. The van der Waals surface area contributed by atoms with Crippen molar-refractivity contribution >= 4 is 22.6 Å². The molecule has 0 saturated heterocycles. The van der Waals surface area contributed by atoms with Crippen molar-refractivity contribution in [2.24, 2.45) is 0 Å². The highest BCUT2D eigenvalue weighted by Gasteiger charge is 2.17. The number of nitrogens with one attached hydrogen (secondary N) is 2. The van der Waals surface area contributed by atoms with E-state index in [1.54, 1.807) is 0 Å². The van der Waals surface area contributed by atoms with Crippen molar-refractivity contribution in [3.8, 4) is 5.75 Å².